The molecule has 0 saturated heterocycles. The second kappa shape index (κ2) is 8.39. The van der Waals surface area contributed by atoms with Gasteiger partial charge in [0.2, 0.25) is 6.54 Å². The lowest BCUT2D eigenvalue weighted by molar-refractivity contribution is -0.485. The van der Waals surface area contributed by atoms with Crippen molar-refractivity contribution in [2.45, 2.75) is 17.9 Å². The second-order valence-corrected chi connectivity index (χ2v) is 7.45. The first-order valence-corrected chi connectivity index (χ1v) is 9.84. The van der Waals surface area contributed by atoms with E-state index in [1.54, 1.807) is 54.6 Å². The first-order chi connectivity index (χ1) is 15.0. The molecule has 0 aliphatic carbocycles. The molecule has 0 saturated carbocycles. The summed E-state index contributed by atoms with van der Waals surface area (Å²) in [4.78, 5) is 37.6. The van der Waals surface area contributed by atoms with E-state index in [9.17, 15) is 19.7 Å². The average Bonchev–Trinajstić information content (AvgIpc) is 2.78. The number of carbonyl (C=O) groups excluding carboxylic acids is 2. The molecule has 0 fully saturated rings. The van der Waals surface area contributed by atoms with Crippen LogP contribution < -0.4 is 10.1 Å². The van der Waals surface area contributed by atoms with Gasteiger partial charge >= 0.3 is 5.97 Å². The zero-order valence-corrected chi connectivity index (χ0v) is 16.6. The van der Waals surface area contributed by atoms with E-state index in [1.807, 2.05) is 30.3 Å². The molecule has 3 aromatic rings. The smallest absolute Gasteiger partial charge is 0.338 e. The Morgan fingerprint density at radius 2 is 1.58 bits per heavy atom. The zero-order valence-electron chi connectivity index (χ0n) is 16.6. The van der Waals surface area contributed by atoms with Gasteiger partial charge in [0.1, 0.15) is 5.75 Å². The maximum Gasteiger partial charge on any atom is 0.338 e. The van der Waals surface area contributed by atoms with E-state index in [0.717, 1.165) is 5.56 Å². The van der Waals surface area contributed by atoms with Gasteiger partial charge in [-0.05, 0) is 23.8 Å². The van der Waals surface area contributed by atoms with Gasteiger partial charge in [-0.15, -0.1) is 0 Å². The third kappa shape index (κ3) is 4.02. The average molecular weight is 416 g/mol. The monoisotopic (exact) mass is 416 g/mol. The van der Waals surface area contributed by atoms with Gasteiger partial charge in [-0.3, -0.25) is 14.9 Å². The summed E-state index contributed by atoms with van der Waals surface area (Å²) >= 11 is 0. The van der Waals surface area contributed by atoms with Crippen LogP contribution in [0.5, 0.6) is 5.75 Å². The molecular weight excluding hydrogens is 396 g/mol. The topological polar surface area (TPSA) is 98.5 Å². The van der Waals surface area contributed by atoms with E-state index in [-0.39, 0.29) is 12.2 Å². The van der Waals surface area contributed by atoms with Crippen molar-refractivity contribution in [1.29, 1.82) is 0 Å². The van der Waals surface area contributed by atoms with Gasteiger partial charge in [0.05, 0.1) is 5.92 Å². The molecule has 7 nitrogen and oxygen atoms in total. The molecule has 0 spiro atoms. The van der Waals surface area contributed by atoms with E-state index in [4.69, 9.17) is 4.74 Å². The molecule has 0 unspecified atom stereocenters. The summed E-state index contributed by atoms with van der Waals surface area (Å²) in [7, 11) is 0. The fraction of sp³-hybridized carbons (Fsp3) is 0.167. The van der Waals surface area contributed by atoms with Crippen LogP contribution in [0.15, 0.2) is 84.9 Å². The molecule has 1 aliphatic rings. The maximum atomic E-state index is 13.4. The largest absolute Gasteiger partial charge is 0.424 e. The van der Waals surface area contributed by atoms with Crippen LogP contribution in [0.1, 0.15) is 27.4 Å². The highest BCUT2D eigenvalue weighted by Crippen LogP contribution is 2.42. The van der Waals surface area contributed by atoms with E-state index in [2.05, 4.69) is 5.32 Å². The Morgan fingerprint density at radius 1 is 0.968 bits per heavy atom. The highest BCUT2D eigenvalue weighted by Gasteiger charge is 2.55. The van der Waals surface area contributed by atoms with Gasteiger partial charge in [-0.1, -0.05) is 66.7 Å². The summed E-state index contributed by atoms with van der Waals surface area (Å²) in [5.74, 6) is -1.85. The Morgan fingerprint density at radius 3 is 2.26 bits per heavy atom. The highest BCUT2D eigenvalue weighted by molar-refractivity contribution is 5.99. The number of carbonyl (C=O) groups is 2. The van der Waals surface area contributed by atoms with E-state index >= 15 is 0 Å². The molecule has 0 radical (unpaired) electrons. The lowest BCUT2D eigenvalue weighted by Crippen LogP contribution is -2.64. The number of nitrogens with one attached hydrogen (secondary N) is 1. The Balaban J connectivity index is 1.85. The first kappa shape index (κ1) is 20.3. The molecule has 1 amide bonds. The van der Waals surface area contributed by atoms with Gasteiger partial charge in [0.25, 0.3) is 5.91 Å². The first-order valence-electron chi connectivity index (χ1n) is 9.84. The van der Waals surface area contributed by atoms with Crippen LogP contribution in [0.4, 0.5) is 0 Å². The van der Waals surface area contributed by atoms with Crippen LogP contribution in [0.25, 0.3) is 0 Å². The number of nitro groups is 1. The third-order valence-corrected chi connectivity index (χ3v) is 5.49. The second-order valence-electron chi connectivity index (χ2n) is 7.45. The minimum absolute atomic E-state index is 0.0537. The van der Waals surface area contributed by atoms with Crippen molar-refractivity contribution in [3.63, 3.8) is 0 Å². The third-order valence-electron chi connectivity index (χ3n) is 5.49. The van der Waals surface area contributed by atoms with Gasteiger partial charge in [0, 0.05) is 22.5 Å². The lowest BCUT2D eigenvalue weighted by Gasteiger charge is -2.41. The van der Waals surface area contributed by atoms with E-state index < -0.39 is 34.8 Å². The fourth-order valence-electron chi connectivity index (χ4n) is 4.02. The summed E-state index contributed by atoms with van der Waals surface area (Å²) in [5, 5.41) is 14.4. The van der Waals surface area contributed by atoms with Gasteiger partial charge in [0.15, 0.2) is 5.54 Å². The quantitative estimate of drug-likeness (QED) is 0.287. The number of hydrogen-bond donors (Lipinski definition) is 1. The van der Waals surface area contributed by atoms with Crippen molar-refractivity contribution in [1.82, 2.24) is 5.32 Å². The molecule has 0 aromatic heterocycles. The normalized spacial score (nSPS) is 19.7. The summed E-state index contributed by atoms with van der Waals surface area (Å²) in [6.45, 7) is -0.534. The van der Waals surface area contributed by atoms with Crippen molar-refractivity contribution in [3.8, 4) is 5.75 Å². The van der Waals surface area contributed by atoms with Gasteiger partial charge < -0.3 is 10.1 Å². The minimum Gasteiger partial charge on any atom is -0.424 e. The van der Waals surface area contributed by atoms with Crippen LogP contribution in [0, 0.1) is 10.1 Å². The lowest BCUT2D eigenvalue weighted by atomic mass is 9.73. The molecule has 4 rings (SSSR count). The predicted octanol–water partition coefficient (Wildman–Crippen LogP) is 3.38. The van der Waals surface area contributed by atoms with E-state index in [1.165, 1.54) is 0 Å². The van der Waals surface area contributed by atoms with Crippen molar-refractivity contribution in [2.75, 3.05) is 6.54 Å². The van der Waals surface area contributed by atoms with Crippen LogP contribution in [-0.2, 0) is 11.2 Å². The molecule has 156 valence electrons. The number of benzene rings is 3. The number of hydrogen-bond acceptors (Lipinski definition) is 5. The Labute approximate surface area is 178 Å². The van der Waals surface area contributed by atoms with Crippen LogP contribution in [0.3, 0.4) is 0 Å². The summed E-state index contributed by atoms with van der Waals surface area (Å²) in [5.41, 5.74) is -0.0273. The molecule has 1 N–H and O–H groups in total. The standard InChI is InChI=1S/C24H20N2O5/c27-22(18-11-5-2-6-12-18)25-24(15-17-9-3-1-4-10-17)20(16-26(29)30)19-13-7-8-14-21(19)31-23(24)28/h1-14,20H,15-16H2,(H,25,27)/t20-,24+/m0/s1. The van der Waals surface area contributed by atoms with E-state index in [0.29, 0.717) is 11.1 Å². The predicted molar refractivity (Wildman–Crippen MR) is 113 cm³/mol. The minimum atomic E-state index is -1.64. The Hall–Kier alpha value is -4.00. The van der Waals surface area contributed by atoms with Crippen molar-refractivity contribution < 1.29 is 19.2 Å². The number of amides is 1. The van der Waals surface area contributed by atoms with Crippen molar-refractivity contribution in [2.24, 2.45) is 0 Å². The molecule has 1 aliphatic heterocycles. The summed E-state index contributed by atoms with van der Waals surface area (Å²) < 4.78 is 5.59. The molecule has 1 heterocycles. The Bertz CT molecular complexity index is 1120. The molecular formula is C24H20N2O5. The number of nitrogens with zero attached hydrogens (tertiary/aromatic N) is 1. The SMILES string of the molecule is O=C(N[C@@]1(Cc2ccccc2)C(=O)Oc2ccccc2[C@@H]1C[N+](=O)[O-])c1ccccc1. The summed E-state index contributed by atoms with van der Waals surface area (Å²) in [6.07, 6.45) is 0.0537. The number of fused-ring (bicyclic) bond motifs is 1. The maximum absolute atomic E-state index is 13.4. The van der Waals surface area contributed by atoms with Crippen molar-refractivity contribution in [3.05, 3.63) is 112 Å². The summed E-state index contributed by atoms with van der Waals surface area (Å²) in [6, 6.07) is 24.3. The number of ether oxygens (including phenoxy) is 1. The van der Waals surface area contributed by atoms with Gasteiger partial charge in [-0.25, -0.2) is 4.79 Å². The molecule has 2 atom stereocenters. The number of rotatable bonds is 6. The van der Waals surface area contributed by atoms with Gasteiger partial charge in [-0.2, -0.15) is 0 Å². The number of para-hydroxylation sites is 1. The molecule has 31 heavy (non-hydrogen) atoms. The van der Waals surface area contributed by atoms with Crippen LogP contribution in [-0.4, -0.2) is 28.9 Å². The molecule has 7 heteroatoms. The number of esters is 1. The van der Waals surface area contributed by atoms with Crippen LogP contribution >= 0.6 is 0 Å². The highest BCUT2D eigenvalue weighted by atomic mass is 16.6. The molecule has 0 bridgehead atoms. The fourth-order valence-corrected chi connectivity index (χ4v) is 4.02. The molecule has 3 aromatic carbocycles. The zero-order chi connectivity index (χ0) is 21.8. The Kier molecular flexibility index (Phi) is 5.49. The van der Waals surface area contributed by atoms with Crippen molar-refractivity contribution >= 4 is 11.9 Å². The van der Waals surface area contributed by atoms with Crippen LogP contribution in [0.2, 0.25) is 0 Å².